The maximum absolute atomic E-state index is 12.6. The molecule has 1 saturated heterocycles. The van der Waals surface area contributed by atoms with Crippen LogP contribution in [0.2, 0.25) is 0 Å². The van der Waals surface area contributed by atoms with E-state index in [4.69, 9.17) is 12.2 Å². The molecule has 4 aliphatic rings. The molecular weight excluding hydrogens is 304 g/mol. The molecule has 0 aromatic carbocycles. The molecular formula is C19H20N2OS. The van der Waals surface area contributed by atoms with Gasteiger partial charge in [0.1, 0.15) is 0 Å². The van der Waals surface area contributed by atoms with Gasteiger partial charge in [-0.1, -0.05) is 36.5 Å². The first kappa shape index (κ1) is 14.6. The smallest absolute Gasteiger partial charge is 0.255 e. The second-order valence-electron chi connectivity index (χ2n) is 6.44. The van der Waals surface area contributed by atoms with Crippen LogP contribution in [0, 0.1) is 0 Å². The van der Waals surface area contributed by atoms with Gasteiger partial charge in [-0.3, -0.25) is 4.79 Å². The Bertz CT molecular complexity index is 705. The van der Waals surface area contributed by atoms with Crippen LogP contribution in [0.25, 0.3) is 0 Å². The molecule has 0 bridgehead atoms. The molecule has 1 fully saturated rings. The van der Waals surface area contributed by atoms with Gasteiger partial charge in [0.05, 0.1) is 11.6 Å². The highest BCUT2D eigenvalue weighted by Gasteiger charge is 2.30. The molecule has 0 aromatic rings. The minimum atomic E-state index is 0.163. The number of carbonyl (C=O) groups excluding carboxylic acids is 1. The molecule has 1 aliphatic carbocycles. The van der Waals surface area contributed by atoms with Crippen LogP contribution in [0.1, 0.15) is 25.7 Å². The van der Waals surface area contributed by atoms with Gasteiger partial charge in [-0.2, -0.15) is 0 Å². The van der Waals surface area contributed by atoms with E-state index in [1.165, 1.54) is 11.3 Å². The number of thiocarbonyl (C=S) groups is 1. The van der Waals surface area contributed by atoms with Crippen molar-refractivity contribution in [2.24, 2.45) is 0 Å². The van der Waals surface area contributed by atoms with Crippen LogP contribution in [0.3, 0.4) is 0 Å². The molecule has 0 N–H and O–H groups in total. The lowest BCUT2D eigenvalue weighted by molar-refractivity contribution is -0.125. The Hall–Kier alpha value is -1.94. The minimum absolute atomic E-state index is 0.163. The monoisotopic (exact) mass is 324 g/mol. The predicted octanol–water partition coefficient (Wildman–Crippen LogP) is 3.28. The van der Waals surface area contributed by atoms with Crippen LogP contribution in [-0.2, 0) is 4.79 Å². The molecule has 3 nitrogen and oxygen atoms in total. The molecule has 0 spiro atoms. The number of nitrogens with zero attached hydrogens (tertiary/aromatic N) is 2. The third kappa shape index (κ3) is 2.72. The van der Waals surface area contributed by atoms with Crippen LogP contribution in [0.4, 0.5) is 0 Å². The molecule has 3 aliphatic heterocycles. The lowest BCUT2D eigenvalue weighted by atomic mass is 10.0. The SMILES string of the molecule is O=C(C1=CN2C(C3=CC=CC(=S)C3)=CCC2C=C1)N1CCCC1. The summed E-state index contributed by atoms with van der Waals surface area (Å²) in [7, 11) is 0. The summed E-state index contributed by atoms with van der Waals surface area (Å²) in [6, 6.07) is 0.334. The van der Waals surface area contributed by atoms with Crippen molar-refractivity contribution in [1.82, 2.24) is 9.80 Å². The Labute approximate surface area is 142 Å². The van der Waals surface area contributed by atoms with Crippen LogP contribution in [-0.4, -0.2) is 39.7 Å². The zero-order valence-corrected chi connectivity index (χ0v) is 13.9. The first-order chi connectivity index (χ1) is 11.2. The van der Waals surface area contributed by atoms with E-state index in [-0.39, 0.29) is 5.91 Å². The van der Waals surface area contributed by atoms with Crippen molar-refractivity contribution in [3.63, 3.8) is 0 Å². The van der Waals surface area contributed by atoms with Crippen LogP contribution < -0.4 is 0 Å². The number of hydrogen-bond donors (Lipinski definition) is 0. The van der Waals surface area contributed by atoms with E-state index in [0.717, 1.165) is 49.2 Å². The van der Waals surface area contributed by atoms with Crippen LogP contribution in [0.5, 0.6) is 0 Å². The number of rotatable bonds is 2. The van der Waals surface area contributed by atoms with Crippen LogP contribution in [0.15, 0.2) is 59.5 Å². The molecule has 0 saturated carbocycles. The number of hydrogen-bond acceptors (Lipinski definition) is 3. The first-order valence-corrected chi connectivity index (χ1v) is 8.71. The van der Waals surface area contributed by atoms with Gasteiger partial charge in [-0.05, 0) is 37.0 Å². The largest absolute Gasteiger partial charge is 0.340 e. The highest BCUT2D eigenvalue weighted by molar-refractivity contribution is 7.80. The molecule has 0 radical (unpaired) electrons. The number of allylic oxidation sites excluding steroid dienone is 4. The standard InChI is InChI=1S/C19H20N2OS/c22-19(20-10-1-2-11-20)15-6-7-16-8-9-18(21(16)13-15)14-4-3-5-17(23)12-14/h3-7,9,13,16H,1-2,8,10-12H2. The zero-order chi connectivity index (χ0) is 15.8. The van der Waals surface area contributed by atoms with Gasteiger partial charge < -0.3 is 9.80 Å². The van der Waals surface area contributed by atoms with Crippen molar-refractivity contribution in [2.45, 2.75) is 31.7 Å². The van der Waals surface area contributed by atoms with Crippen molar-refractivity contribution >= 4 is 23.0 Å². The van der Waals surface area contributed by atoms with Gasteiger partial charge in [0.25, 0.3) is 5.91 Å². The minimum Gasteiger partial charge on any atom is -0.340 e. The summed E-state index contributed by atoms with van der Waals surface area (Å²) in [4.78, 5) is 17.8. The summed E-state index contributed by atoms with van der Waals surface area (Å²) in [6.07, 6.45) is 18.6. The fourth-order valence-electron chi connectivity index (χ4n) is 3.65. The average molecular weight is 324 g/mol. The number of likely N-dealkylation sites (tertiary alicyclic amines) is 1. The fraction of sp³-hybridized carbons (Fsp3) is 0.368. The summed E-state index contributed by atoms with van der Waals surface area (Å²) in [5.41, 5.74) is 3.25. The van der Waals surface area contributed by atoms with Gasteiger partial charge in [-0.25, -0.2) is 0 Å². The van der Waals surface area contributed by atoms with E-state index in [1.54, 1.807) is 0 Å². The highest BCUT2D eigenvalue weighted by Crippen LogP contribution is 2.34. The second kappa shape index (κ2) is 5.93. The average Bonchev–Trinajstić information content (AvgIpc) is 3.23. The summed E-state index contributed by atoms with van der Waals surface area (Å²) in [5, 5.41) is 0. The Kier molecular flexibility index (Phi) is 3.77. The molecule has 1 atom stereocenters. The molecule has 1 unspecified atom stereocenters. The normalized spacial score (nSPS) is 26.2. The van der Waals surface area contributed by atoms with Crippen LogP contribution >= 0.6 is 12.2 Å². The first-order valence-electron chi connectivity index (χ1n) is 8.30. The molecule has 118 valence electrons. The van der Waals surface area contributed by atoms with Crippen molar-refractivity contribution in [2.75, 3.05) is 13.1 Å². The number of carbonyl (C=O) groups is 1. The van der Waals surface area contributed by atoms with Crippen molar-refractivity contribution in [1.29, 1.82) is 0 Å². The molecule has 23 heavy (non-hydrogen) atoms. The van der Waals surface area contributed by atoms with E-state index in [1.807, 2.05) is 29.3 Å². The van der Waals surface area contributed by atoms with Gasteiger partial charge in [0.15, 0.2) is 0 Å². The van der Waals surface area contributed by atoms with E-state index in [9.17, 15) is 4.79 Å². The number of amides is 1. The lowest BCUT2D eigenvalue weighted by Crippen LogP contribution is -2.33. The molecule has 1 amide bonds. The predicted molar refractivity (Wildman–Crippen MR) is 95.8 cm³/mol. The van der Waals surface area contributed by atoms with Gasteiger partial charge in [0.2, 0.25) is 0 Å². The van der Waals surface area contributed by atoms with Gasteiger partial charge >= 0.3 is 0 Å². The maximum atomic E-state index is 12.6. The van der Waals surface area contributed by atoms with Gasteiger partial charge in [0, 0.05) is 36.3 Å². The Morgan fingerprint density at radius 1 is 1.22 bits per heavy atom. The van der Waals surface area contributed by atoms with Crippen molar-refractivity contribution < 1.29 is 4.79 Å². The summed E-state index contributed by atoms with van der Waals surface area (Å²) < 4.78 is 0. The highest BCUT2D eigenvalue weighted by atomic mass is 32.1. The summed E-state index contributed by atoms with van der Waals surface area (Å²) in [5.74, 6) is 0.163. The summed E-state index contributed by atoms with van der Waals surface area (Å²) in [6.45, 7) is 1.78. The van der Waals surface area contributed by atoms with E-state index in [0.29, 0.717) is 6.04 Å². The molecule has 0 aromatic heterocycles. The van der Waals surface area contributed by atoms with Gasteiger partial charge in [-0.15, -0.1) is 0 Å². The zero-order valence-electron chi connectivity index (χ0n) is 13.1. The third-order valence-electron chi connectivity index (χ3n) is 4.88. The van der Waals surface area contributed by atoms with Crippen molar-refractivity contribution in [3.8, 4) is 0 Å². The summed E-state index contributed by atoms with van der Waals surface area (Å²) >= 11 is 5.34. The van der Waals surface area contributed by atoms with E-state index >= 15 is 0 Å². The Morgan fingerprint density at radius 2 is 2.04 bits per heavy atom. The fourth-order valence-corrected chi connectivity index (χ4v) is 3.89. The number of fused-ring (bicyclic) bond motifs is 1. The van der Waals surface area contributed by atoms with E-state index in [2.05, 4.69) is 23.1 Å². The molecule has 3 heterocycles. The molecule has 4 rings (SSSR count). The quantitative estimate of drug-likeness (QED) is 0.728. The van der Waals surface area contributed by atoms with E-state index < -0.39 is 0 Å². The molecule has 4 heteroatoms. The topological polar surface area (TPSA) is 23.6 Å². The Morgan fingerprint density at radius 3 is 2.83 bits per heavy atom. The Balaban J connectivity index is 1.58. The van der Waals surface area contributed by atoms with Crippen molar-refractivity contribution in [3.05, 3.63) is 59.5 Å². The second-order valence-corrected chi connectivity index (χ2v) is 6.96. The maximum Gasteiger partial charge on any atom is 0.255 e. The lowest BCUT2D eigenvalue weighted by Gasteiger charge is -2.30. The third-order valence-corrected chi connectivity index (χ3v) is 5.16.